The zero-order valence-electron chi connectivity index (χ0n) is 10.1. The highest BCUT2D eigenvalue weighted by Crippen LogP contribution is 2.33. The third-order valence-electron chi connectivity index (χ3n) is 3.11. The number of hydrogen-bond donors (Lipinski definition) is 1. The summed E-state index contributed by atoms with van der Waals surface area (Å²) in [6, 6.07) is 8.58. The van der Waals surface area contributed by atoms with Gasteiger partial charge in [0.05, 0.1) is 16.7 Å². The molecule has 3 rings (SSSR count). The van der Waals surface area contributed by atoms with Gasteiger partial charge >= 0.3 is 0 Å². The summed E-state index contributed by atoms with van der Waals surface area (Å²) < 4.78 is 16.2. The number of aromatic nitrogens is 2. The second kappa shape index (κ2) is 5.16. The van der Waals surface area contributed by atoms with Gasteiger partial charge in [-0.3, -0.25) is 0 Å². The van der Waals surface area contributed by atoms with Crippen LogP contribution in [0.25, 0.3) is 5.52 Å². The van der Waals surface area contributed by atoms with E-state index in [1.165, 1.54) is 12.3 Å². The Morgan fingerprint density at radius 3 is 2.85 bits per heavy atom. The summed E-state index contributed by atoms with van der Waals surface area (Å²) in [5.74, 6) is -0.635. The predicted molar refractivity (Wildman–Crippen MR) is 78.4 cm³/mol. The van der Waals surface area contributed by atoms with E-state index in [0.29, 0.717) is 10.0 Å². The van der Waals surface area contributed by atoms with Crippen molar-refractivity contribution in [2.75, 3.05) is 0 Å². The number of aliphatic hydroxyl groups excluding tert-OH is 1. The molecular weight excluding hydrogens is 347 g/mol. The van der Waals surface area contributed by atoms with Crippen molar-refractivity contribution in [1.29, 1.82) is 0 Å². The molecule has 1 aromatic carbocycles. The van der Waals surface area contributed by atoms with E-state index in [1.807, 2.05) is 18.2 Å². The molecule has 1 unspecified atom stereocenters. The lowest BCUT2D eigenvalue weighted by atomic mass is 10.0. The average Bonchev–Trinajstić information content (AvgIpc) is 2.88. The zero-order chi connectivity index (χ0) is 14.3. The molecular formula is C14H9BrClFN2O. The second-order valence-electron chi connectivity index (χ2n) is 4.30. The maximum atomic E-state index is 14.2. The number of nitrogens with zero attached hydrogens (tertiary/aromatic N) is 2. The number of pyridine rings is 1. The van der Waals surface area contributed by atoms with Crippen LogP contribution in [-0.2, 0) is 0 Å². The molecule has 0 saturated carbocycles. The van der Waals surface area contributed by atoms with E-state index in [0.717, 1.165) is 5.52 Å². The van der Waals surface area contributed by atoms with E-state index in [4.69, 9.17) is 11.6 Å². The molecule has 0 amide bonds. The van der Waals surface area contributed by atoms with Gasteiger partial charge < -0.3 is 5.11 Å². The minimum atomic E-state index is -1.12. The van der Waals surface area contributed by atoms with Gasteiger partial charge in [0.25, 0.3) is 0 Å². The summed E-state index contributed by atoms with van der Waals surface area (Å²) in [6.45, 7) is 0. The lowest BCUT2D eigenvalue weighted by Gasteiger charge is -2.12. The standard InChI is InChI=1S/C14H9BrClFN2O/c15-10-5-4-8(13(17)12(10)16)14(20)9-7-18-19-6-2-1-3-11(9)19/h1-7,14,20H. The van der Waals surface area contributed by atoms with Gasteiger partial charge in [-0.15, -0.1) is 0 Å². The Labute approximate surface area is 127 Å². The summed E-state index contributed by atoms with van der Waals surface area (Å²) in [7, 11) is 0. The van der Waals surface area contributed by atoms with Crippen LogP contribution >= 0.6 is 27.5 Å². The van der Waals surface area contributed by atoms with Crippen molar-refractivity contribution < 1.29 is 9.50 Å². The van der Waals surface area contributed by atoms with Crippen LogP contribution < -0.4 is 0 Å². The number of halogens is 3. The Kier molecular flexibility index (Phi) is 3.50. The predicted octanol–water partition coefficient (Wildman–Crippen LogP) is 3.97. The molecule has 0 bridgehead atoms. The molecule has 0 aliphatic heterocycles. The average molecular weight is 356 g/mol. The molecule has 2 aromatic heterocycles. The molecule has 0 aliphatic rings. The first-order valence-corrected chi connectivity index (χ1v) is 7.00. The molecule has 3 nitrogen and oxygen atoms in total. The Bertz CT molecular complexity index is 790. The lowest BCUT2D eigenvalue weighted by molar-refractivity contribution is 0.216. The molecule has 3 aromatic rings. The molecule has 20 heavy (non-hydrogen) atoms. The number of fused-ring (bicyclic) bond motifs is 1. The van der Waals surface area contributed by atoms with Crippen molar-refractivity contribution in [1.82, 2.24) is 9.61 Å². The molecule has 0 aliphatic carbocycles. The van der Waals surface area contributed by atoms with Gasteiger partial charge in [-0.05, 0) is 34.1 Å². The fraction of sp³-hybridized carbons (Fsp3) is 0.0714. The van der Waals surface area contributed by atoms with Crippen LogP contribution in [0.1, 0.15) is 17.2 Å². The monoisotopic (exact) mass is 354 g/mol. The highest BCUT2D eigenvalue weighted by atomic mass is 79.9. The molecule has 1 N–H and O–H groups in total. The van der Waals surface area contributed by atoms with Gasteiger partial charge in [-0.2, -0.15) is 5.10 Å². The minimum Gasteiger partial charge on any atom is -0.383 e. The fourth-order valence-electron chi connectivity index (χ4n) is 2.08. The number of aliphatic hydroxyl groups is 1. The van der Waals surface area contributed by atoms with E-state index >= 15 is 0 Å². The van der Waals surface area contributed by atoms with E-state index in [9.17, 15) is 9.50 Å². The molecule has 0 radical (unpaired) electrons. The first-order valence-electron chi connectivity index (χ1n) is 5.83. The van der Waals surface area contributed by atoms with Crippen molar-refractivity contribution in [3.8, 4) is 0 Å². The Morgan fingerprint density at radius 2 is 2.05 bits per heavy atom. The molecule has 6 heteroatoms. The normalized spacial score (nSPS) is 12.8. The number of hydrogen-bond acceptors (Lipinski definition) is 2. The number of rotatable bonds is 2. The smallest absolute Gasteiger partial charge is 0.149 e. The van der Waals surface area contributed by atoms with Crippen molar-refractivity contribution >= 4 is 33.0 Å². The van der Waals surface area contributed by atoms with Gasteiger partial charge in [0, 0.05) is 21.8 Å². The van der Waals surface area contributed by atoms with E-state index in [1.54, 1.807) is 16.8 Å². The van der Waals surface area contributed by atoms with Crippen molar-refractivity contribution in [3.05, 3.63) is 69.2 Å². The largest absolute Gasteiger partial charge is 0.383 e. The van der Waals surface area contributed by atoms with E-state index in [-0.39, 0.29) is 10.6 Å². The second-order valence-corrected chi connectivity index (χ2v) is 5.53. The highest BCUT2D eigenvalue weighted by Gasteiger charge is 2.21. The van der Waals surface area contributed by atoms with Gasteiger partial charge in [-0.25, -0.2) is 8.91 Å². The molecule has 0 saturated heterocycles. The number of benzene rings is 1. The SMILES string of the molecule is OC(c1ccc(Br)c(Cl)c1F)c1cnn2ccccc12. The van der Waals surface area contributed by atoms with Gasteiger partial charge in [0.15, 0.2) is 0 Å². The van der Waals surface area contributed by atoms with Crippen LogP contribution in [0.5, 0.6) is 0 Å². The van der Waals surface area contributed by atoms with Crippen LogP contribution in [-0.4, -0.2) is 14.7 Å². The van der Waals surface area contributed by atoms with Gasteiger partial charge in [0.2, 0.25) is 0 Å². The Balaban J connectivity index is 2.13. The summed E-state index contributed by atoms with van der Waals surface area (Å²) in [4.78, 5) is 0. The third-order valence-corrected chi connectivity index (χ3v) is 4.37. The van der Waals surface area contributed by atoms with Gasteiger partial charge in [-0.1, -0.05) is 23.7 Å². The van der Waals surface area contributed by atoms with Crippen LogP contribution in [0.15, 0.2) is 47.2 Å². The Hall–Kier alpha value is -1.43. The zero-order valence-corrected chi connectivity index (χ0v) is 12.4. The quantitative estimate of drug-likeness (QED) is 0.706. The highest BCUT2D eigenvalue weighted by molar-refractivity contribution is 9.10. The molecule has 0 spiro atoms. The summed E-state index contributed by atoms with van der Waals surface area (Å²) >= 11 is 9.00. The topological polar surface area (TPSA) is 37.5 Å². The van der Waals surface area contributed by atoms with Crippen LogP contribution in [0, 0.1) is 5.82 Å². The maximum absolute atomic E-state index is 14.2. The minimum absolute atomic E-state index is 0.0435. The van der Waals surface area contributed by atoms with Crippen LogP contribution in [0.2, 0.25) is 5.02 Å². The van der Waals surface area contributed by atoms with Crippen LogP contribution in [0.4, 0.5) is 4.39 Å². The lowest BCUT2D eigenvalue weighted by Crippen LogP contribution is -2.03. The van der Waals surface area contributed by atoms with Gasteiger partial charge in [0.1, 0.15) is 11.9 Å². The summed E-state index contributed by atoms with van der Waals surface area (Å²) in [6.07, 6.45) is 2.16. The van der Waals surface area contributed by atoms with E-state index in [2.05, 4.69) is 21.0 Å². The van der Waals surface area contributed by atoms with E-state index < -0.39 is 11.9 Å². The van der Waals surface area contributed by atoms with Crippen molar-refractivity contribution in [2.24, 2.45) is 0 Å². The Morgan fingerprint density at radius 1 is 1.25 bits per heavy atom. The first-order chi connectivity index (χ1) is 9.59. The van der Waals surface area contributed by atoms with Crippen molar-refractivity contribution in [2.45, 2.75) is 6.10 Å². The molecule has 0 fully saturated rings. The molecule has 2 heterocycles. The first kappa shape index (κ1) is 13.5. The fourth-order valence-corrected chi connectivity index (χ4v) is 2.56. The maximum Gasteiger partial charge on any atom is 0.149 e. The van der Waals surface area contributed by atoms with Crippen molar-refractivity contribution in [3.63, 3.8) is 0 Å². The molecule has 1 atom stereocenters. The molecule has 102 valence electrons. The summed E-state index contributed by atoms with van der Waals surface area (Å²) in [5, 5.41) is 14.5. The third kappa shape index (κ3) is 2.12. The van der Waals surface area contributed by atoms with Crippen LogP contribution in [0.3, 0.4) is 0 Å². The summed E-state index contributed by atoms with van der Waals surface area (Å²) in [5.41, 5.74) is 1.37.